The summed E-state index contributed by atoms with van der Waals surface area (Å²) in [6.45, 7) is 3.27. The molecule has 130 valence electrons. The third-order valence-corrected chi connectivity index (χ3v) is 5.54. The normalized spacial score (nSPS) is 11.5. The molecule has 0 radical (unpaired) electrons. The molecular formula is C14H17FN4O3S2. The van der Waals surface area contributed by atoms with Crippen LogP contribution in [0.2, 0.25) is 0 Å². The number of hydrogen-bond acceptors (Lipinski definition) is 6. The Morgan fingerprint density at radius 1 is 1.29 bits per heavy atom. The van der Waals surface area contributed by atoms with Crippen LogP contribution in [0.5, 0.6) is 0 Å². The second-order valence-electron chi connectivity index (χ2n) is 5.05. The molecule has 0 atom stereocenters. The summed E-state index contributed by atoms with van der Waals surface area (Å²) in [7, 11) is -3.87. The first-order chi connectivity index (χ1) is 11.3. The van der Waals surface area contributed by atoms with Crippen LogP contribution in [0.4, 0.5) is 4.39 Å². The van der Waals surface area contributed by atoms with E-state index in [0.29, 0.717) is 13.0 Å². The zero-order valence-electron chi connectivity index (χ0n) is 13.2. The molecule has 24 heavy (non-hydrogen) atoms. The van der Waals surface area contributed by atoms with Crippen LogP contribution in [-0.4, -0.2) is 37.6 Å². The maximum absolute atomic E-state index is 13.0. The van der Waals surface area contributed by atoms with Crippen LogP contribution in [0.1, 0.15) is 15.6 Å². The summed E-state index contributed by atoms with van der Waals surface area (Å²) >= 11 is 1.44. The molecule has 0 saturated heterocycles. The number of nitrogens with one attached hydrogen (secondary N) is 2. The van der Waals surface area contributed by atoms with Gasteiger partial charge in [-0.2, -0.15) is 0 Å². The second kappa shape index (κ2) is 7.77. The molecule has 10 heteroatoms. The molecule has 1 aromatic carbocycles. The lowest BCUT2D eigenvalue weighted by molar-refractivity contribution is -0.119. The van der Waals surface area contributed by atoms with Gasteiger partial charge in [0.15, 0.2) is 0 Å². The minimum atomic E-state index is -3.87. The fourth-order valence-electron chi connectivity index (χ4n) is 1.96. The summed E-state index contributed by atoms with van der Waals surface area (Å²) in [5.74, 6) is -0.976. The van der Waals surface area contributed by atoms with E-state index in [1.165, 1.54) is 24.3 Å². The van der Waals surface area contributed by atoms with Gasteiger partial charge in [-0.15, -0.1) is 21.5 Å². The van der Waals surface area contributed by atoms with Crippen LogP contribution < -0.4 is 10.0 Å². The van der Waals surface area contributed by atoms with E-state index in [1.54, 1.807) is 0 Å². The van der Waals surface area contributed by atoms with Crippen molar-refractivity contribution < 1.29 is 17.6 Å². The Balaban J connectivity index is 1.84. The fourth-order valence-corrected chi connectivity index (χ4v) is 3.88. The molecule has 1 amide bonds. The number of carbonyl (C=O) groups is 1. The van der Waals surface area contributed by atoms with E-state index in [0.717, 1.165) is 22.1 Å². The van der Waals surface area contributed by atoms with Gasteiger partial charge in [-0.25, -0.2) is 17.5 Å². The van der Waals surface area contributed by atoms with E-state index in [-0.39, 0.29) is 10.5 Å². The summed E-state index contributed by atoms with van der Waals surface area (Å²) < 4.78 is 39.5. The number of amides is 1. The minimum absolute atomic E-state index is 0.0546. The summed E-state index contributed by atoms with van der Waals surface area (Å²) in [5, 5.41) is 12.0. The van der Waals surface area contributed by atoms with Gasteiger partial charge in [-0.1, -0.05) is 0 Å². The molecule has 0 bridgehead atoms. The molecule has 7 nitrogen and oxygen atoms in total. The number of nitrogens with zero attached hydrogens (tertiary/aromatic N) is 2. The van der Waals surface area contributed by atoms with Gasteiger partial charge in [0.2, 0.25) is 15.9 Å². The van der Waals surface area contributed by atoms with Crippen LogP contribution in [-0.2, 0) is 21.2 Å². The fraction of sp³-hybridized carbons (Fsp3) is 0.357. The van der Waals surface area contributed by atoms with Gasteiger partial charge in [0.1, 0.15) is 15.8 Å². The van der Waals surface area contributed by atoms with Gasteiger partial charge in [-0.3, -0.25) is 4.79 Å². The zero-order valence-corrected chi connectivity index (χ0v) is 14.8. The average molecular weight is 372 g/mol. The topological polar surface area (TPSA) is 101 Å². The highest BCUT2D eigenvalue weighted by Crippen LogP contribution is 2.15. The third kappa shape index (κ3) is 5.05. The molecule has 0 aliphatic carbocycles. The van der Waals surface area contributed by atoms with Crippen LogP contribution in [0, 0.1) is 19.7 Å². The predicted molar refractivity (Wildman–Crippen MR) is 87.7 cm³/mol. The number of sulfonamides is 1. The van der Waals surface area contributed by atoms with E-state index in [2.05, 4.69) is 20.2 Å². The molecule has 0 spiro atoms. The highest BCUT2D eigenvalue weighted by molar-refractivity contribution is 7.89. The Morgan fingerprint density at radius 3 is 2.67 bits per heavy atom. The Labute approximate surface area is 143 Å². The lowest BCUT2D eigenvalue weighted by Gasteiger charge is -2.09. The van der Waals surface area contributed by atoms with Crippen molar-refractivity contribution >= 4 is 27.3 Å². The number of aromatic nitrogens is 2. The van der Waals surface area contributed by atoms with Crippen LogP contribution in [0.15, 0.2) is 23.1 Å². The van der Waals surface area contributed by atoms with Gasteiger partial charge in [0, 0.05) is 13.0 Å². The molecule has 1 heterocycles. The number of rotatable bonds is 7. The van der Waals surface area contributed by atoms with E-state index in [9.17, 15) is 17.6 Å². The average Bonchev–Trinajstić information content (AvgIpc) is 2.90. The van der Waals surface area contributed by atoms with Crippen molar-refractivity contribution in [1.82, 2.24) is 20.2 Å². The number of benzene rings is 1. The van der Waals surface area contributed by atoms with E-state index in [1.807, 2.05) is 6.92 Å². The predicted octanol–water partition coefficient (Wildman–Crippen LogP) is 0.931. The van der Waals surface area contributed by atoms with E-state index < -0.39 is 28.3 Å². The molecule has 2 rings (SSSR count). The Bertz CT molecular complexity index is 836. The molecule has 0 saturated carbocycles. The SMILES string of the molecule is Cc1nnc(CCNC(=O)CNS(=O)(=O)c2ccc(F)cc2C)s1. The second-order valence-corrected chi connectivity index (χ2v) is 8.05. The number of carbonyl (C=O) groups excluding carboxylic acids is 1. The van der Waals surface area contributed by atoms with E-state index >= 15 is 0 Å². The third-order valence-electron chi connectivity index (χ3n) is 3.08. The molecule has 0 unspecified atom stereocenters. The van der Waals surface area contributed by atoms with Crippen LogP contribution in [0.25, 0.3) is 0 Å². The number of halogens is 1. The Hall–Kier alpha value is -1.91. The summed E-state index contributed by atoms with van der Waals surface area (Å²) in [6, 6.07) is 3.35. The van der Waals surface area contributed by atoms with Crippen molar-refractivity contribution in [2.75, 3.05) is 13.1 Å². The van der Waals surface area contributed by atoms with Crippen LogP contribution >= 0.6 is 11.3 Å². The van der Waals surface area contributed by atoms with Gasteiger partial charge in [-0.05, 0) is 37.6 Å². The first-order valence-corrected chi connectivity index (χ1v) is 9.39. The van der Waals surface area contributed by atoms with Gasteiger partial charge in [0.05, 0.1) is 11.4 Å². The largest absolute Gasteiger partial charge is 0.355 e. The smallest absolute Gasteiger partial charge is 0.241 e. The maximum Gasteiger partial charge on any atom is 0.241 e. The summed E-state index contributed by atoms with van der Waals surface area (Å²) in [4.78, 5) is 11.7. The first-order valence-electron chi connectivity index (χ1n) is 7.09. The standard InChI is InChI=1S/C14H17FN4O3S2/c1-9-7-11(15)3-4-12(9)24(21,22)17-8-13(20)16-6-5-14-19-18-10(2)23-14/h3-4,7,17H,5-6,8H2,1-2H3,(H,16,20). The van der Waals surface area contributed by atoms with Crippen LogP contribution in [0.3, 0.4) is 0 Å². The number of hydrogen-bond donors (Lipinski definition) is 2. The van der Waals surface area contributed by atoms with Gasteiger partial charge >= 0.3 is 0 Å². The summed E-state index contributed by atoms with van der Waals surface area (Å²) in [5.41, 5.74) is 0.273. The molecule has 0 aliphatic heterocycles. The zero-order chi connectivity index (χ0) is 17.7. The van der Waals surface area contributed by atoms with E-state index in [4.69, 9.17) is 0 Å². The molecule has 1 aromatic heterocycles. The number of aryl methyl sites for hydroxylation is 2. The molecule has 2 N–H and O–H groups in total. The van der Waals surface area contributed by atoms with Gasteiger partial charge < -0.3 is 5.32 Å². The first kappa shape index (κ1) is 18.4. The molecule has 0 aliphatic rings. The molecular weight excluding hydrogens is 355 g/mol. The highest BCUT2D eigenvalue weighted by atomic mass is 32.2. The van der Waals surface area contributed by atoms with Crippen molar-refractivity contribution in [2.45, 2.75) is 25.2 Å². The Morgan fingerprint density at radius 2 is 2.04 bits per heavy atom. The Kier molecular flexibility index (Phi) is 5.97. The lowest BCUT2D eigenvalue weighted by Crippen LogP contribution is -2.37. The maximum atomic E-state index is 13.0. The van der Waals surface area contributed by atoms with Crippen molar-refractivity contribution in [1.29, 1.82) is 0 Å². The van der Waals surface area contributed by atoms with Crippen molar-refractivity contribution in [2.24, 2.45) is 0 Å². The minimum Gasteiger partial charge on any atom is -0.355 e. The summed E-state index contributed by atoms with van der Waals surface area (Å²) in [6.07, 6.45) is 0.529. The van der Waals surface area contributed by atoms with Crippen molar-refractivity contribution in [3.63, 3.8) is 0 Å². The van der Waals surface area contributed by atoms with Crippen molar-refractivity contribution in [3.05, 3.63) is 39.6 Å². The van der Waals surface area contributed by atoms with Gasteiger partial charge in [0.25, 0.3) is 0 Å². The lowest BCUT2D eigenvalue weighted by atomic mass is 10.2. The highest BCUT2D eigenvalue weighted by Gasteiger charge is 2.18. The van der Waals surface area contributed by atoms with Crippen molar-refractivity contribution in [3.8, 4) is 0 Å². The molecule has 0 fully saturated rings. The quantitative estimate of drug-likeness (QED) is 0.753. The monoisotopic (exact) mass is 372 g/mol. The molecule has 2 aromatic rings.